The fourth-order valence-corrected chi connectivity index (χ4v) is 5.62. The molecule has 0 bridgehead atoms. The molecule has 3 heterocycles. The smallest absolute Gasteiger partial charge is 0.327 e. The largest absolute Gasteiger partial charge is 0.480 e. The maximum Gasteiger partial charge on any atom is 0.327 e. The molecule has 3 aliphatic heterocycles. The maximum atomic E-state index is 13.1. The first-order valence-corrected chi connectivity index (χ1v) is 12.9. The van der Waals surface area contributed by atoms with Crippen molar-refractivity contribution in [1.29, 1.82) is 0 Å². The molecule has 0 radical (unpaired) electrons. The van der Waals surface area contributed by atoms with Crippen LogP contribution < -0.4 is 5.32 Å². The highest BCUT2D eigenvalue weighted by atomic mass is 16.4. The third-order valence-corrected chi connectivity index (χ3v) is 7.80. The van der Waals surface area contributed by atoms with Gasteiger partial charge in [-0.2, -0.15) is 0 Å². The summed E-state index contributed by atoms with van der Waals surface area (Å²) in [5.41, 5.74) is 2.68. The Morgan fingerprint density at radius 2 is 1.43 bits per heavy atom. The second kappa shape index (κ2) is 10.7. The van der Waals surface area contributed by atoms with Crippen LogP contribution in [0.2, 0.25) is 0 Å². The van der Waals surface area contributed by atoms with Crippen LogP contribution in [0.4, 0.5) is 4.79 Å². The fraction of sp³-hybridized carbons (Fsp3) is 0.429. The molecular formula is C28H32N4O5. The number of amides is 4. The molecule has 2 atom stereocenters. The van der Waals surface area contributed by atoms with E-state index in [1.807, 2.05) is 42.5 Å². The second-order valence-corrected chi connectivity index (χ2v) is 10.0. The minimum Gasteiger partial charge on any atom is -0.480 e. The van der Waals surface area contributed by atoms with Crippen molar-refractivity contribution in [2.45, 2.75) is 25.3 Å². The zero-order valence-electron chi connectivity index (χ0n) is 20.7. The van der Waals surface area contributed by atoms with Crippen LogP contribution in [-0.4, -0.2) is 88.9 Å². The third kappa shape index (κ3) is 5.09. The average molecular weight is 505 g/mol. The van der Waals surface area contributed by atoms with Gasteiger partial charge in [0.05, 0.1) is 5.92 Å². The first-order chi connectivity index (χ1) is 17.9. The standard InChI is InChI=1S/C28H32N4O5/c33-25(22-8-6-21(7-9-22)20-4-2-1-3-5-20)30-14-16-31(17-15-30)28(37)32-24(27(35)36)23(26(32)34)18-19-10-12-29-13-11-19/h1-9,19,23-24,29H,10-18H2,(H,35,36)/t23-,24+/m1/s1. The molecule has 2 N–H and O–H groups in total. The number of likely N-dealkylation sites (tertiary alicyclic amines) is 1. The van der Waals surface area contributed by atoms with Crippen LogP contribution >= 0.6 is 0 Å². The highest BCUT2D eigenvalue weighted by Gasteiger charge is 2.56. The lowest BCUT2D eigenvalue weighted by molar-refractivity contribution is -0.167. The fourth-order valence-electron chi connectivity index (χ4n) is 5.62. The molecule has 3 saturated heterocycles. The molecule has 0 aliphatic carbocycles. The van der Waals surface area contributed by atoms with Crippen LogP contribution in [0.1, 0.15) is 29.6 Å². The molecule has 0 spiro atoms. The molecule has 2 aromatic rings. The van der Waals surface area contributed by atoms with E-state index in [0.29, 0.717) is 31.0 Å². The summed E-state index contributed by atoms with van der Waals surface area (Å²) in [5, 5.41) is 13.0. The first-order valence-electron chi connectivity index (χ1n) is 12.9. The molecule has 4 amide bonds. The van der Waals surface area contributed by atoms with Crippen molar-refractivity contribution >= 4 is 23.8 Å². The number of nitrogens with zero attached hydrogens (tertiary/aromatic N) is 3. The van der Waals surface area contributed by atoms with E-state index in [1.54, 1.807) is 17.0 Å². The summed E-state index contributed by atoms with van der Waals surface area (Å²) >= 11 is 0. The van der Waals surface area contributed by atoms with Crippen molar-refractivity contribution < 1.29 is 24.3 Å². The topological polar surface area (TPSA) is 110 Å². The second-order valence-electron chi connectivity index (χ2n) is 10.0. The number of β-lactam (4-membered cyclic amide) rings is 1. The third-order valence-electron chi connectivity index (χ3n) is 7.80. The average Bonchev–Trinajstić information content (AvgIpc) is 2.94. The molecule has 0 saturated carbocycles. The van der Waals surface area contributed by atoms with E-state index in [0.717, 1.165) is 42.0 Å². The molecule has 9 heteroatoms. The van der Waals surface area contributed by atoms with Gasteiger partial charge in [-0.3, -0.25) is 9.59 Å². The van der Waals surface area contributed by atoms with E-state index >= 15 is 0 Å². The molecule has 0 unspecified atom stereocenters. The van der Waals surface area contributed by atoms with Gasteiger partial charge in [-0.25, -0.2) is 14.5 Å². The quantitative estimate of drug-likeness (QED) is 0.606. The van der Waals surface area contributed by atoms with Crippen molar-refractivity contribution in [3.63, 3.8) is 0 Å². The molecule has 194 valence electrons. The van der Waals surface area contributed by atoms with Gasteiger partial charge in [0.15, 0.2) is 6.04 Å². The Morgan fingerprint density at radius 1 is 0.838 bits per heavy atom. The molecule has 9 nitrogen and oxygen atoms in total. The Bertz CT molecular complexity index is 1150. The van der Waals surface area contributed by atoms with Gasteiger partial charge in [-0.05, 0) is 61.5 Å². The molecule has 2 aromatic carbocycles. The predicted octanol–water partition coefficient (Wildman–Crippen LogP) is 2.53. The van der Waals surface area contributed by atoms with Gasteiger partial charge in [-0.15, -0.1) is 0 Å². The Morgan fingerprint density at radius 3 is 2.05 bits per heavy atom. The molecule has 0 aromatic heterocycles. The lowest BCUT2D eigenvalue weighted by Gasteiger charge is -2.47. The number of carbonyl (C=O) groups is 4. The van der Waals surface area contributed by atoms with E-state index < -0.39 is 29.9 Å². The highest BCUT2D eigenvalue weighted by molar-refractivity contribution is 6.07. The lowest BCUT2D eigenvalue weighted by Crippen LogP contribution is -2.69. The summed E-state index contributed by atoms with van der Waals surface area (Å²) in [6, 6.07) is 15.7. The summed E-state index contributed by atoms with van der Waals surface area (Å²) in [6.07, 6.45) is 2.33. The first kappa shape index (κ1) is 25.0. The summed E-state index contributed by atoms with van der Waals surface area (Å²) in [4.78, 5) is 55.0. The maximum absolute atomic E-state index is 13.1. The van der Waals surface area contributed by atoms with Gasteiger partial charge in [0.2, 0.25) is 5.91 Å². The van der Waals surface area contributed by atoms with Crippen LogP contribution in [0.3, 0.4) is 0 Å². The number of piperazine rings is 1. The molecular weight excluding hydrogens is 472 g/mol. The van der Waals surface area contributed by atoms with Gasteiger partial charge in [-0.1, -0.05) is 42.5 Å². The van der Waals surface area contributed by atoms with Gasteiger partial charge in [0, 0.05) is 31.7 Å². The molecule has 3 aliphatic rings. The van der Waals surface area contributed by atoms with Crippen molar-refractivity contribution in [3.05, 3.63) is 60.2 Å². The summed E-state index contributed by atoms with van der Waals surface area (Å²) in [5.74, 6) is -2.00. The van der Waals surface area contributed by atoms with Crippen molar-refractivity contribution in [2.24, 2.45) is 11.8 Å². The van der Waals surface area contributed by atoms with E-state index in [2.05, 4.69) is 5.32 Å². The zero-order chi connectivity index (χ0) is 25.9. The van der Waals surface area contributed by atoms with Crippen molar-refractivity contribution in [2.75, 3.05) is 39.3 Å². The Balaban J connectivity index is 1.17. The summed E-state index contributed by atoms with van der Waals surface area (Å²) in [6.45, 7) is 2.88. The Labute approximate surface area is 216 Å². The minimum absolute atomic E-state index is 0.114. The van der Waals surface area contributed by atoms with Crippen LogP contribution in [0, 0.1) is 11.8 Å². The molecule has 3 fully saturated rings. The SMILES string of the molecule is O=C(O)[C@@H]1[C@@H](CC2CCNCC2)C(=O)N1C(=O)N1CCN(C(=O)c2ccc(-c3ccccc3)cc2)CC1. The van der Waals surface area contributed by atoms with Crippen LogP contribution in [0.5, 0.6) is 0 Å². The summed E-state index contributed by atoms with van der Waals surface area (Å²) < 4.78 is 0. The minimum atomic E-state index is -1.14. The number of hydrogen-bond acceptors (Lipinski definition) is 5. The zero-order valence-corrected chi connectivity index (χ0v) is 20.7. The number of aliphatic carboxylic acids is 1. The monoisotopic (exact) mass is 504 g/mol. The highest BCUT2D eigenvalue weighted by Crippen LogP contribution is 2.35. The van der Waals surface area contributed by atoms with E-state index in [1.165, 1.54) is 4.90 Å². The number of piperidine rings is 1. The number of imide groups is 1. The summed E-state index contributed by atoms with van der Waals surface area (Å²) in [7, 11) is 0. The number of benzene rings is 2. The number of nitrogens with one attached hydrogen (secondary N) is 1. The van der Waals surface area contributed by atoms with Crippen LogP contribution in [0.25, 0.3) is 11.1 Å². The van der Waals surface area contributed by atoms with E-state index in [9.17, 15) is 24.3 Å². The number of rotatable bonds is 5. The van der Waals surface area contributed by atoms with E-state index in [4.69, 9.17) is 0 Å². The van der Waals surface area contributed by atoms with E-state index in [-0.39, 0.29) is 19.0 Å². The predicted molar refractivity (Wildman–Crippen MR) is 137 cm³/mol. The molecule has 37 heavy (non-hydrogen) atoms. The van der Waals surface area contributed by atoms with Gasteiger partial charge >= 0.3 is 12.0 Å². The van der Waals surface area contributed by atoms with Crippen LogP contribution in [0.15, 0.2) is 54.6 Å². The number of carboxylic acid groups (broad SMARTS) is 1. The number of hydrogen-bond donors (Lipinski definition) is 2. The Hall–Kier alpha value is -3.72. The van der Waals surface area contributed by atoms with Crippen molar-refractivity contribution in [3.8, 4) is 11.1 Å². The number of urea groups is 1. The lowest BCUT2D eigenvalue weighted by atomic mass is 9.78. The molecule has 5 rings (SSSR count). The van der Waals surface area contributed by atoms with Crippen molar-refractivity contribution in [1.82, 2.24) is 20.0 Å². The van der Waals surface area contributed by atoms with Gasteiger partial charge < -0.3 is 20.2 Å². The number of carboxylic acids is 1. The van der Waals surface area contributed by atoms with Crippen LogP contribution in [-0.2, 0) is 9.59 Å². The van der Waals surface area contributed by atoms with Gasteiger partial charge in [0.25, 0.3) is 5.91 Å². The Kier molecular flexibility index (Phi) is 7.23. The normalized spacial score (nSPS) is 22.5. The number of carbonyl (C=O) groups excluding carboxylic acids is 3. The van der Waals surface area contributed by atoms with Gasteiger partial charge in [0.1, 0.15) is 0 Å².